The fourth-order valence-corrected chi connectivity index (χ4v) is 3.90. The van der Waals surface area contributed by atoms with Gasteiger partial charge in [-0.3, -0.25) is 14.4 Å². The smallest absolute Gasteiger partial charge is 0.306 e. The van der Waals surface area contributed by atoms with Gasteiger partial charge in [0.1, 0.15) is 6.61 Å². The van der Waals surface area contributed by atoms with Crippen molar-refractivity contribution in [1.82, 2.24) is 10.2 Å². The highest BCUT2D eigenvalue weighted by molar-refractivity contribution is 5.86. The van der Waals surface area contributed by atoms with E-state index in [9.17, 15) is 19.5 Å². The topological polar surface area (TPSA) is 95.9 Å². The van der Waals surface area contributed by atoms with E-state index in [2.05, 4.69) is 18.5 Å². The van der Waals surface area contributed by atoms with Crippen LogP contribution in [0.4, 0.5) is 0 Å². The second-order valence-corrected chi connectivity index (χ2v) is 8.86. The Morgan fingerprint density at radius 3 is 2.22 bits per heavy atom. The van der Waals surface area contributed by atoms with Crippen molar-refractivity contribution < 1.29 is 24.2 Å². The molecule has 2 N–H and O–H groups in total. The third-order valence-corrected chi connectivity index (χ3v) is 5.85. The average molecular weight is 507 g/mol. The number of nitrogens with one attached hydrogen (secondary N) is 1. The molecule has 7 nitrogen and oxygen atoms in total. The van der Waals surface area contributed by atoms with Crippen LogP contribution in [0.25, 0.3) is 0 Å². The van der Waals surface area contributed by atoms with E-state index in [4.69, 9.17) is 4.74 Å². The highest BCUT2D eigenvalue weighted by Gasteiger charge is 2.26. The molecule has 0 spiro atoms. The maximum atomic E-state index is 13.3. The van der Waals surface area contributed by atoms with Crippen LogP contribution >= 0.6 is 0 Å². The molecule has 2 amide bonds. The quantitative estimate of drug-likeness (QED) is 0.251. The van der Waals surface area contributed by atoms with Crippen molar-refractivity contribution in [2.24, 2.45) is 5.92 Å². The summed E-state index contributed by atoms with van der Waals surface area (Å²) in [6.07, 6.45) is 4.78. The fourth-order valence-electron chi connectivity index (χ4n) is 3.90. The molecule has 0 saturated heterocycles. The number of aliphatic hydroxyl groups excluding tert-OH is 1. The number of hydrogen-bond donors (Lipinski definition) is 2. The summed E-state index contributed by atoms with van der Waals surface area (Å²) in [5.74, 6) is -1.53. The van der Waals surface area contributed by atoms with Gasteiger partial charge in [-0.1, -0.05) is 72.8 Å². The predicted octanol–water partition coefficient (Wildman–Crippen LogP) is 3.83. The van der Waals surface area contributed by atoms with Gasteiger partial charge < -0.3 is 20.1 Å². The zero-order valence-electron chi connectivity index (χ0n) is 21.4. The summed E-state index contributed by atoms with van der Waals surface area (Å²) in [6.45, 7) is 7.74. The van der Waals surface area contributed by atoms with Gasteiger partial charge in [0.2, 0.25) is 11.8 Å². The first kappa shape index (κ1) is 29.5. The molecule has 2 aromatic rings. The van der Waals surface area contributed by atoms with Crippen LogP contribution in [0.2, 0.25) is 0 Å². The Hall–Kier alpha value is -3.71. The van der Waals surface area contributed by atoms with Gasteiger partial charge in [-0.15, -0.1) is 13.2 Å². The average Bonchev–Trinajstić information content (AvgIpc) is 2.91. The molecule has 0 bridgehead atoms. The van der Waals surface area contributed by atoms with Gasteiger partial charge >= 0.3 is 5.97 Å². The van der Waals surface area contributed by atoms with Crippen LogP contribution in [0.1, 0.15) is 36.8 Å². The zero-order chi connectivity index (χ0) is 26.9. The lowest BCUT2D eigenvalue weighted by Crippen LogP contribution is -2.44. The van der Waals surface area contributed by atoms with E-state index >= 15 is 0 Å². The number of rotatable bonds is 17. The standard InChI is InChI=1S/C30H38N2O5/c1-3-5-17-29(35)37-23-27(20-24-13-8-6-9-14-24)31-30(36)26(12-4-2)21-28(34)32(18-19-33)22-25-15-10-7-11-16-25/h3-4,6-11,13-16,26-27,33H,1-2,5,12,17-23H2,(H,31,36)/t26-,27-/m1/s1. The van der Waals surface area contributed by atoms with Crippen molar-refractivity contribution in [2.45, 2.75) is 44.7 Å². The number of allylic oxidation sites excluding steroid dienone is 2. The van der Waals surface area contributed by atoms with E-state index in [1.807, 2.05) is 60.7 Å². The Balaban J connectivity index is 2.09. The number of aliphatic hydroxyl groups is 1. The summed E-state index contributed by atoms with van der Waals surface area (Å²) >= 11 is 0. The molecule has 0 aliphatic carbocycles. The van der Waals surface area contributed by atoms with Gasteiger partial charge in [-0.2, -0.15) is 0 Å². The molecule has 0 radical (unpaired) electrons. The number of esters is 1. The van der Waals surface area contributed by atoms with Gasteiger partial charge in [-0.25, -0.2) is 0 Å². The molecular weight excluding hydrogens is 468 g/mol. The van der Waals surface area contributed by atoms with Crippen molar-refractivity contribution in [3.8, 4) is 0 Å². The second-order valence-electron chi connectivity index (χ2n) is 8.86. The predicted molar refractivity (Wildman–Crippen MR) is 144 cm³/mol. The summed E-state index contributed by atoms with van der Waals surface area (Å²) in [6, 6.07) is 18.7. The van der Waals surface area contributed by atoms with E-state index in [1.165, 1.54) is 0 Å². The molecule has 2 aromatic carbocycles. The van der Waals surface area contributed by atoms with Crippen LogP contribution in [0.5, 0.6) is 0 Å². The lowest BCUT2D eigenvalue weighted by Gasteiger charge is -2.26. The van der Waals surface area contributed by atoms with Gasteiger partial charge in [0, 0.05) is 25.9 Å². The molecule has 7 heteroatoms. The zero-order valence-corrected chi connectivity index (χ0v) is 21.4. The Morgan fingerprint density at radius 2 is 1.62 bits per heavy atom. The van der Waals surface area contributed by atoms with E-state index in [0.29, 0.717) is 25.8 Å². The van der Waals surface area contributed by atoms with Gasteiger partial charge in [0.25, 0.3) is 0 Å². The molecule has 37 heavy (non-hydrogen) atoms. The third kappa shape index (κ3) is 11.3. The van der Waals surface area contributed by atoms with Crippen LogP contribution in [-0.4, -0.2) is 53.6 Å². The third-order valence-electron chi connectivity index (χ3n) is 5.85. The maximum absolute atomic E-state index is 13.3. The normalized spacial score (nSPS) is 12.1. The number of benzene rings is 2. The summed E-state index contributed by atoms with van der Waals surface area (Å²) in [5, 5.41) is 12.5. The molecule has 0 fully saturated rings. The minimum atomic E-state index is -0.642. The van der Waals surface area contributed by atoms with Crippen LogP contribution in [0.15, 0.2) is 86.0 Å². The minimum Gasteiger partial charge on any atom is -0.463 e. The van der Waals surface area contributed by atoms with Crippen LogP contribution in [0.3, 0.4) is 0 Å². The summed E-state index contributed by atoms with van der Waals surface area (Å²) in [7, 11) is 0. The molecule has 0 saturated carbocycles. The fraction of sp³-hybridized carbons (Fsp3) is 0.367. The van der Waals surface area contributed by atoms with Crippen molar-refractivity contribution in [1.29, 1.82) is 0 Å². The molecule has 0 aliphatic heterocycles. The Labute approximate surface area is 219 Å². The molecule has 0 heterocycles. The van der Waals surface area contributed by atoms with Gasteiger partial charge in [-0.05, 0) is 30.4 Å². The van der Waals surface area contributed by atoms with E-state index in [-0.39, 0.29) is 50.4 Å². The first-order chi connectivity index (χ1) is 18.0. The summed E-state index contributed by atoms with van der Waals surface area (Å²) in [5.41, 5.74) is 1.93. The Kier molecular flexibility index (Phi) is 13.5. The molecule has 0 aromatic heterocycles. The summed E-state index contributed by atoms with van der Waals surface area (Å²) < 4.78 is 5.41. The second kappa shape index (κ2) is 16.9. The first-order valence-corrected chi connectivity index (χ1v) is 12.6. The number of nitrogens with zero attached hydrogens (tertiary/aromatic N) is 1. The monoisotopic (exact) mass is 506 g/mol. The number of hydrogen-bond acceptors (Lipinski definition) is 5. The van der Waals surface area contributed by atoms with Crippen LogP contribution < -0.4 is 5.32 Å². The highest BCUT2D eigenvalue weighted by atomic mass is 16.5. The number of amides is 2. The lowest BCUT2D eigenvalue weighted by molar-refractivity contribution is -0.145. The van der Waals surface area contributed by atoms with E-state index in [0.717, 1.165) is 11.1 Å². The van der Waals surface area contributed by atoms with E-state index in [1.54, 1.807) is 17.1 Å². The first-order valence-electron chi connectivity index (χ1n) is 12.6. The molecule has 2 atom stereocenters. The lowest BCUT2D eigenvalue weighted by atomic mass is 9.98. The molecule has 2 rings (SSSR count). The van der Waals surface area contributed by atoms with Crippen molar-refractivity contribution in [3.05, 3.63) is 97.1 Å². The maximum Gasteiger partial charge on any atom is 0.306 e. The highest BCUT2D eigenvalue weighted by Crippen LogP contribution is 2.15. The number of ether oxygens (including phenoxy) is 1. The van der Waals surface area contributed by atoms with Gasteiger partial charge in [0.15, 0.2) is 0 Å². The van der Waals surface area contributed by atoms with Gasteiger partial charge in [0.05, 0.1) is 18.6 Å². The molecule has 198 valence electrons. The summed E-state index contributed by atoms with van der Waals surface area (Å²) in [4.78, 5) is 40.0. The largest absolute Gasteiger partial charge is 0.463 e. The number of carbonyl (C=O) groups excluding carboxylic acids is 3. The van der Waals surface area contributed by atoms with Crippen molar-refractivity contribution in [2.75, 3.05) is 19.8 Å². The van der Waals surface area contributed by atoms with E-state index < -0.39 is 12.0 Å². The minimum absolute atomic E-state index is 0.0238. The molecular formula is C30H38N2O5. The number of carbonyl (C=O) groups is 3. The van der Waals surface area contributed by atoms with Crippen LogP contribution in [0, 0.1) is 5.92 Å². The molecule has 0 unspecified atom stereocenters. The van der Waals surface area contributed by atoms with Crippen LogP contribution in [-0.2, 0) is 32.1 Å². The Morgan fingerprint density at radius 1 is 0.973 bits per heavy atom. The van der Waals surface area contributed by atoms with Crippen molar-refractivity contribution in [3.63, 3.8) is 0 Å². The SMILES string of the molecule is C=CCCC(=O)OC[C@@H](Cc1ccccc1)NC(=O)[C@H](CC=C)CC(=O)N(CCO)Cc1ccccc1. The van der Waals surface area contributed by atoms with Crippen molar-refractivity contribution >= 4 is 17.8 Å². The molecule has 0 aliphatic rings. The Bertz CT molecular complexity index is 994.